The van der Waals surface area contributed by atoms with Gasteiger partial charge >= 0.3 is 5.65 Å². The molecular formula is C12H17N5O9P2S-2. The molecule has 1 fully saturated rings. The highest BCUT2D eigenvalue weighted by molar-refractivity contribution is 8.54. The number of aliphatic hydroxyl groups excluding tert-OH is 2. The smallest absolute Gasteiger partial charge is 0.309 e. The Labute approximate surface area is 167 Å². The molecule has 1 aliphatic rings. The zero-order valence-corrected chi connectivity index (χ0v) is 17.6. The fraction of sp³-hybridized carbons (Fsp3) is 0.583. The average molecular weight is 469 g/mol. The number of ether oxygens (including phenoxy) is 1. The first kappa shape index (κ1) is 22.4. The molecule has 1 aliphatic heterocycles. The Bertz CT molecular complexity index is 1030. The molecule has 17 heteroatoms. The molecule has 2 aromatic rings. The molecule has 162 valence electrons. The molecule has 0 radical (unpaired) electrons. The highest BCUT2D eigenvalue weighted by Gasteiger charge is 2.47. The second-order valence-corrected chi connectivity index (χ2v) is 12.1. The maximum Gasteiger partial charge on any atom is 0.309 e. The van der Waals surface area contributed by atoms with Crippen LogP contribution in [0, 0.1) is 0 Å². The van der Waals surface area contributed by atoms with Gasteiger partial charge in [0.1, 0.15) is 19.8 Å². The van der Waals surface area contributed by atoms with Crippen LogP contribution in [0.4, 0.5) is 5.95 Å². The number of anilines is 1. The molecule has 0 bridgehead atoms. The van der Waals surface area contributed by atoms with Crippen molar-refractivity contribution in [3.63, 3.8) is 0 Å². The van der Waals surface area contributed by atoms with E-state index < -0.39 is 50.6 Å². The average Bonchev–Trinajstić information content (AvgIpc) is 3.01. The number of imidazole rings is 1. The lowest BCUT2D eigenvalue weighted by Crippen LogP contribution is -2.46. The number of nitrogen functional groups attached to an aromatic ring is 1. The summed E-state index contributed by atoms with van der Waals surface area (Å²) in [6, 6.07) is 0. The standard InChI is InChI=1S/C12H19N5O9P2S/c1-16-4-17(9-6(16)10(20)15-12(13)14-9)11-8(19)7(18)5(25-11)3-29-28(23,24)26-27(2,21)22/h4-5,7-8,11,18-19H,3H2,1-2H3,(H4-,13,14,15,20,21,22,23,24)/p-2/t5-,7?,8+,11-/m1/s1. The van der Waals surface area contributed by atoms with Gasteiger partial charge in [-0.2, -0.15) is 0 Å². The Hall–Kier alpha value is -1.28. The summed E-state index contributed by atoms with van der Waals surface area (Å²) < 4.78 is 35.0. The van der Waals surface area contributed by atoms with Crippen LogP contribution in [-0.2, 0) is 25.2 Å². The van der Waals surface area contributed by atoms with Gasteiger partial charge < -0.3 is 40.1 Å². The largest absolute Gasteiger partial charge is 0.856 e. The second kappa shape index (κ2) is 7.76. The van der Waals surface area contributed by atoms with Crippen molar-refractivity contribution < 1.29 is 47.9 Å². The maximum atomic E-state index is 12.0. The molecule has 0 saturated carbocycles. The number of hydrogen-bond acceptors (Lipinski definition) is 13. The van der Waals surface area contributed by atoms with Crippen molar-refractivity contribution in [1.29, 1.82) is 0 Å². The minimum Gasteiger partial charge on any atom is -0.856 e. The Balaban J connectivity index is 1.83. The first-order valence-corrected chi connectivity index (χ1v) is 13.1. The molecule has 3 unspecified atom stereocenters. The van der Waals surface area contributed by atoms with Crippen molar-refractivity contribution in [3.05, 3.63) is 6.33 Å². The van der Waals surface area contributed by atoms with Gasteiger partial charge in [0.05, 0.1) is 13.2 Å². The molecule has 3 heterocycles. The highest BCUT2D eigenvalue weighted by atomic mass is 32.7. The van der Waals surface area contributed by atoms with Crippen molar-refractivity contribution in [2.45, 2.75) is 24.5 Å². The number of aliphatic hydroxyl groups is 2. The second-order valence-electron chi connectivity index (χ2n) is 6.34. The predicted octanol–water partition coefficient (Wildman–Crippen LogP) is -3.07. The summed E-state index contributed by atoms with van der Waals surface area (Å²) in [5, 5.41) is 32.6. The van der Waals surface area contributed by atoms with Crippen molar-refractivity contribution >= 4 is 42.9 Å². The van der Waals surface area contributed by atoms with Crippen molar-refractivity contribution in [3.8, 4) is 5.88 Å². The molecule has 4 N–H and O–H groups in total. The minimum atomic E-state index is -4.82. The van der Waals surface area contributed by atoms with Gasteiger partial charge in [-0.1, -0.05) is 16.4 Å². The summed E-state index contributed by atoms with van der Waals surface area (Å²) in [6.07, 6.45) is -4.06. The van der Waals surface area contributed by atoms with Crippen LogP contribution in [0.3, 0.4) is 0 Å². The molecule has 0 aliphatic carbocycles. The van der Waals surface area contributed by atoms with Gasteiger partial charge in [0.2, 0.25) is 6.23 Å². The van der Waals surface area contributed by atoms with Gasteiger partial charge in [-0.3, -0.25) is 13.4 Å². The van der Waals surface area contributed by atoms with Gasteiger partial charge in [-0.05, 0) is 0 Å². The third kappa shape index (κ3) is 4.74. The summed E-state index contributed by atoms with van der Waals surface area (Å²) in [5.41, 5.74) is 5.63. The molecule has 29 heavy (non-hydrogen) atoms. The molecule has 0 amide bonds. The summed E-state index contributed by atoms with van der Waals surface area (Å²) in [7, 11) is -3.00. The third-order valence-electron chi connectivity index (χ3n) is 4.00. The SMILES string of the molecule is Cn1c[n+]([C@@H]2O[C@H](CSP(=O)([O-])OP(C)(=O)[O-])C(O)[C@@H]2O)c2nc(N)nc([O-])c21. The fourth-order valence-corrected chi connectivity index (χ4v) is 7.63. The first-order chi connectivity index (χ1) is 13.3. The molecular weight excluding hydrogens is 452 g/mol. The molecule has 3 rings (SSSR count). The van der Waals surface area contributed by atoms with Gasteiger partial charge in [0.15, 0.2) is 18.6 Å². The molecule has 2 aromatic heterocycles. The molecule has 1 saturated heterocycles. The Kier molecular flexibility index (Phi) is 6.00. The lowest BCUT2D eigenvalue weighted by Gasteiger charge is -2.29. The van der Waals surface area contributed by atoms with E-state index in [2.05, 4.69) is 14.3 Å². The Morgan fingerprint density at radius 3 is 2.66 bits per heavy atom. The number of rotatable bonds is 6. The lowest BCUT2D eigenvalue weighted by molar-refractivity contribution is -0.745. The first-order valence-electron chi connectivity index (χ1n) is 7.97. The molecule has 0 aromatic carbocycles. The summed E-state index contributed by atoms with van der Waals surface area (Å²) in [6.45, 7) is -4.22. The Morgan fingerprint density at radius 2 is 2.03 bits per heavy atom. The molecule has 6 atom stereocenters. The van der Waals surface area contributed by atoms with Crippen LogP contribution in [0.25, 0.3) is 11.2 Å². The number of hydrogen-bond donors (Lipinski definition) is 3. The van der Waals surface area contributed by atoms with Gasteiger partial charge in [0.25, 0.3) is 5.95 Å². The van der Waals surface area contributed by atoms with Crippen LogP contribution in [0.5, 0.6) is 5.88 Å². The van der Waals surface area contributed by atoms with E-state index in [0.29, 0.717) is 6.66 Å². The summed E-state index contributed by atoms with van der Waals surface area (Å²) in [4.78, 5) is 30.2. The van der Waals surface area contributed by atoms with E-state index in [-0.39, 0.29) is 28.5 Å². The van der Waals surface area contributed by atoms with Crippen LogP contribution < -0.4 is 25.2 Å². The van der Waals surface area contributed by atoms with Crippen LogP contribution in [0.2, 0.25) is 0 Å². The van der Waals surface area contributed by atoms with E-state index in [1.807, 2.05) is 0 Å². The zero-order valence-electron chi connectivity index (χ0n) is 15.0. The maximum absolute atomic E-state index is 12.0. The van der Waals surface area contributed by atoms with E-state index in [4.69, 9.17) is 10.5 Å². The fourth-order valence-electron chi connectivity index (χ4n) is 2.88. The van der Waals surface area contributed by atoms with Crippen molar-refractivity contribution in [2.24, 2.45) is 7.05 Å². The van der Waals surface area contributed by atoms with Gasteiger partial charge in [0, 0.05) is 18.3 Å². The van der Waals surface area contributed by atoms with Crippen molar-refractivity contribution in [2.75, 3.05) is 18.2 Å². The van der Waals surface area contributed by atoms with E-state index in [9.17, 15) is 34.2 Å². The normalized spacial score (nSPS) is 29.0. The van der Waals surface area contributed by atoms with E-state index >= 15 is 0 Å². The monoisotopic (exact) mass is 469 g/mol. The quantitative estimate of drug-likeness (QED) is 0.282. The van der Waals surface area contributed by atoms with Crippen LogP contribution >= 0.6 is 25.8 Å². The predicted molar refractivity (Wildman–Crippen MR) is 93.2 cm³/mol. The van der Waals surface area contributed by atoms with Crippen molar-refractivity contribution in [1.82, 2.24) is 14.5 Å². The van der Waals surface area contributed by atoms with Crippen LogP contribution in [0.15, 0.2) is 6.33 Å². The number of aromatic nitrogens is 4. The van der Waals surface area contributed by atoms with Gasteiger partial charge in [-0.25, -0.2) is 9.55 Å². The number of nitrogens with two attached hydrogens (primary N) is 1. The van der Waals surface area contributed by atoms with E-state index in [0.717, 1.165) is 0 Å². The summed E-state index contributed by atoms with van der Waals surface area (Å²) >= 11 is 0.119. The molecule has 14 nitrogen and oxygen atoms in total. The van der Waals surface area contributed by atoms with Crippen LogP contribution in [-0.4, -0.2) is 55.5 Å². The lowest BCUT2D eigenvalue weighted by atomic mass is 10.1. The Morgan fingerprint density at radius 1 is 1.38 bits per heavy atom. The minimum absolute atomic E-state index is 0.0469. The number of nitrogens with zero attached hydrogens (tertiary/aromatic N) is 4. The third-order valence-corrected chi connectivity index (χ3v) is 8.78. The number of fused-ring (bicyclic) bond motifs is 1. The van der Waals surface area contributed by atoms with Gasteiger partial charge in [-0.15, -0.1) is 0 Å². The van der Waals surface area contributed by atoms with E-state index in [1.54, 1.807) is 0 Å². The molecule has 0 spiro atoms. The highest BCUT2D eigenvalue weighted by Crippen LogP contribution is 2.61. The van der Waals surface area contributed by atoms with Crippen LogP contribution in [0.1, 0.15) is 6.23 Å². The topological polar surface area (TPSA) is 223 Å². The summed E-state index contributed by atoms with van der Waals surface area (Å²) in [5.74, 6) is -1.38. The number of aryl methyl sites for hydroxylation is 1. The zero-order chi connectivity index (χ0) is 21.7. The van der Waals surface area contributed by atoms with E-state index in [1.165, 1.54) is 22.5 Å².